The van der Waals surface area contributed by atoms with Crippen LogP contribution in [0, 0.1) is 19.8 Å². The van der Waals surface area contributed by atoms with Crippen LogP contribution >= 0.6 is 0 Å². The molecule has 1 amide bonds. The zero-order valence-electron chi connectivity index (χ0n) is 12.1. The van der Waals surface area contributed by atoms with Crippen LogP contribution in [0.2, 0.25) is 0 Å². The van der Waals surface area contributed by atoms with E-state index in [4.69, 9.17) is 0 Å². The van der Waals surface area contributed by atoms with Crippen molar-refractivity contribution in [3.63, 3.8) is 0 Å². The Balaban J connectivity index is 2.01. The number of aryl methyl sites for hydroxylation is 1. The molecule has 2 aromatic rings. The Morgan fingerprint density at radius 2 is 2.10 bits per heavy atom. The number of amides is 1. The Bertz CT molecular complexity index is 760. The van der Waals surface area contributed by atoms with E-state index in [1.807, 2.05) is 26.0 Å². The van der Waals surface area contributed by atoms with Gasteiger partial charge in [-0.25, -0.2) is 4.98 Å². The van der Waals surface area contributed by atoms with Crippen molar-refractivity contribution in [2.45, 2.75) is 26.7 Å². The molecule has 0 unspecified atom stereocenters. The van der Waals surface area contributed by atoms with Crippen LogP contribution in [-0.2, 0) is 4.79 Å². The third-order valence-electron chi connectivity index (χ3n) is 3.78. The number of carbonyl (C=O) groups is 1. The normalized spacial score (nSPS) is 14.0. The van der Waals surface area contributed by atoms with Crippen LogP contribution < -0.4 is 10.9 Å². The van der Waals surface area contributed by atoms with E-state index < -0.39 is 0 Å². The van der Waals surface area contributed by atoms with Gasteiger partial charge in [-0.05, 0) is 49.9 Å². The van der Waals surface area contributed by atoms with Crippen LogP contribution in [0.15, 0.2) is 29.2 Å². The molecule has 108 valence electrons. The largest absolute Gasteiger partial charge is 0.329 e. The number of rotatable bonds is 3. The molecule has 0 bridgehead atoms. The number of H-pyrrole nitrogens is 1. The van der Waals surface area contributed by atoms with Gasteiger partial charge in [0.2, 0.25) is 11.5 Å². The Morgan fingerprint density at radius 3 is 2.76 bits per heavy atom. The van der Waals surface area contributed by atoms with Crippen LogP contribution in [0.25, 0.3) is 11.3 Å². The number of pyridine rings is 2. The lowest BCUT2D eigenvalue weighted by molar-refractivity contribution is -0.117. The maximum Gasteiger partial charge on any atom is 0.248 e. The van der Waals surface area contributed by atoms with Crippen LogP contribution in [0.4, 0.5) is 5.82 Å². The fraction of sp³-hybridized carbons (Fsp3) is 0.312. The smallest absolute Gasteiger partial charge is 0.248 e. The number of hydrogen-bond donors (Lipinski definition) is 2. The molecule has 1 aliphatic rings. The minimum Gasteiger partial charge on any atom is -0.329 e. The van der Waals surface area contributed by atoms with Gasteiger partial charge < -0.3 is 10.3 Å². The molecular weight excluding hydrogens is 266 g/mol. The molecule has 5 nitrogen and oxygen atoms in total. The van der Waals surface area contributed by atoms with Gasteiger partial charge in [-0.1, -0.05) is 0 Å². The fourth-order valence-corrected chi connectivity index (χ4v) is 2.25. The van der Waals surface area contributed by atoms with Gasteiger partial charge in [0, 0.05) is 23.7 Å². The van der Waals surface area contributed by atoms with E-state index in [2.05, 4.69) is 15.3 Å². The zero-order chi connectivity index (χ0) is 15.0. The highest BCUT2D eigenvalue weighted by Gasteiger charge is 2.29. The van der Waals surface area contributed by atoms with Crippen LogP contribution in [0.3, 0.4) is 0 Å². The summed E-state index contributed by atoms with van der Waals surface area (Å²) in [5, 5.41) is 2.86. The van der Waals surface area contributed by atoms with E-state index in [0.29, 0.717) is 5.82 Å². The number of aromatic amines is 1. The molecular formula is C16H17N3O2. The van der Waals surface area contributed by atoms with Gasteiger partial charge in [0.1, 0.15) is 5.82 Å². The Kier molecular flexibility index (Phi) is 3.33. The lowest BCUT2D eigenvalue weighted by Gasteiger charge is -2.12. The second-order valence-electron chi connectivity index (χ2n) is 5.50. The summed E-state index contributed by atoms with van der Waals surface area (Å²) < 4.78 is 0. The van der Waals surface area contributed by atoms with Crippen molar-refractivity contribution >= 4 is 11.7 Å². The van der Waals surface area contributed by atoms with Crippen LogP contribution in [0.5, 0.6) is 0 Å². The third kappa shape index (κ3) is 2.86. The number of anilines is 1. The summed E-state index contributed by atoms with van der Waals surface area (Å²) >= 11 is 0. The number of aromatic nitrogens is 2. The van der Waals surface area contributed by atoms with Gasteiger partial charge in [0.05, 0.1) is 5.69 Å². The summed E-state index contributed by atoms with van der Waals surface area (Å²) in [6, 6.07) is 5.19. The van der Waals surface area contributed by atoms with Crippen molar-refractivity contribution in [1.82, 2.24) is 9.97 Å². The van der Waals surface area contributed by atoms with Gasteiger partial charge in [0.25, 0.3) is 0 Å². The number of nitrogens with zero attached hydrogens (tertiary/aromatic N) is 1. The summed E-state index contributed by atoms with van der Waals surface area (Å²) in [7, 11) is 0. The molecule has 1 aliphatic carbocycles. The maximum absolute atomic E-state index is 11.9. The highest BCUT2D eigenvalue weighted by atomic mass is 16.2. The zero-order valence-corrected chi connectivity index (χ0v) is 12.1. The summed E-state index contributed by atoms with van der Waals surface area (Å²) in [6.45, 7) is 3.94. The maximum atomic E-state index is 11.9. The predicted molar refractivity (Wildman–Crippen MR) is 81.1 cm³/mol. The first-order chi connectivity index (χ1) is 10.0. The summed E-state index contributed by atoms with van der Waals surface area (Å²) in [4.78, 5) is 30.4. The molecule has 21 heavy (non-hydrogen) atoms. The Morgan fingerprint density at radius 1 is 1.33 bits per heavy atom. The molecule has 3 rings (SSSR count). The average molecular weight is 283 g/mol. The molecule has 0 aromatic carbocycles. The van der Waals surface area contributed by atoms with E-state index in [1.54, 1.807) is 6.20 Å². The Labute approximate surface area is 122 Å². The minimum atomic E-state index is -0.168. The van der Waals surface area contributed by atoms with E-state index in [-0.39, 0.29) is 17.4 Å². The van der Waals surface area contributed by atoms with E-state index in [1.165, 1.54) is 6.07 Å². The van der Waals surface area contributed by atoms with Gasteiger partial charge in [0.15, 0.2) is 0 Å². The van der Waals surface area contributed by atoms with Gasteiger partial charge >= 0.3 is 0 Å². The monoisotopic (exact) mass is 283 g/mol. The second-order valence-corrected chi connectivity index (χ2v) is 5.50. The van der Waals surface area contributed by atoms with Crippen molar-refractivity contribution in [3.05, 3.63) is 45.9 Å². The van der Waals surface area contributed by atoms with Crippen LogP contribution in [0.1, 0.15) is 24.0 Å². The molecule has 0 spiro atoms. The SMILES string of the molecule is Cc1cc(NC(=O)C2CC2)nc(-c2cc[nH]c(=O)c2)c1C. The van der Waals surface area contributed by atoms with Gasteiger partial charge in [-0.15, -0.1) is 0 Å². The highest BCUT2D eigenvalue weighted by molar-refractivity contribution is 5.93. The average Bonchev–Trinajstić information content (AvgIpc) is 3.27. The third-order valence-corrected chi connectivity index (χ3v) is 3.78. The molecule has 2 heterocycles. The van der Waals surface area contributed by atoms with Gasteiger partial charge in [-0.3, -0.25) is 9.59 Å². The number of carbonyl (C=O) groups excluding carboxylic acids is 1. The van der Waals surface area contributed by atoms with E-state index in [9.17, 15) is 9.59 Å². The van der Waals surface area contributed by atoms with Crippen molar-refractivity contribution in [2.75, 3.05) is 5.32 Å². The molecule has 0 aliphatic heterocycles. The van der Waals surface area contributed by atoms with Gasteiger partial charge in [-0.2, -0.15) is 0 Å². The predicted octanol–water partition coefficient (Wildman–Crippen LogP) is 2.40. The molecule has 0 atom stereocenters. The number of nitrogens with one attached hydrogen (secondary N) is 2. The summed E-state index contributed by atoms with van der Waals surface area (Å²) in [5.41, 5.74) is 3.35. The van der Waals surface area contributed by atoms with Crippen molar-refractivity contribution in [3.8, 4) is 11.3 Å². The molecule has 1 fully saturated rings. The molecule has 0 radical (unpaired) electrons. The molecule has 1 saturated carbocycles. The molecule has 0 saturated heterocycles. The van der Waals surface area contributed by atoms with Crippen molar-refractivity contribution in [2.24, 2.45) is 5.92 Å². The molecule has 2 aromatic heterocycles. The summed E-state index contributed by atoms with van der Waals surface area (Å²) in [6.07, 6.45) is 3.51. The first-order valence-electron chi connectivity index (χ1n) is 7.03. The first kappa shape index (κ1) is 13.5. The molecule has 5 heteroatoms. The lowest BCUT2D eigenvalue weighted by Crippen LogP contribution is -2.15. The number of hydrogen-bond acceptors (Lipinski definition) is 3. The van der Waals surface area contributed by atoms with E-state index in [0.717, 1.165) is 35.2 Å². The summed E-state index contributed by atoms with van der Waals surface area (Å²) in [5.74, 6) is 0.712. The quantitative estimate of drug-likeness (QED) is 0.908. The topological polar surface area (TPSA) is 74.8 Å². The Hall–Kier alpha value is -2.43. The lowest BCUT2D eigenvalue weighted by atomic mass is 10.0. The highest BCUT2D eigenvalue weighted by Crippen LogP contribution is 2.31. The first-order valence-corrected chi connectivity index (χ1v) is 7.03. The fourth-order valence-electron chi connectivity index (χ4n) is 2.25. The molecule has 2 N–H and O–H groups in total. The van der Waals surface area contributed by atoms with Crippen molar-refractivity contribution < 1.29 is 4.79 Å². The minimum absolute atomic E-state index is 0.0302. The van der Waals surface area contributed by atoms with Crippen LogP contribution in [-0.4, -0.2) is 15.9 Å². The standard InChI is InChI=1S/C16H17N3O2/c1-9-7-13(19-16(21)11-3-4-11)18-15(10(9)2)12-5-6-17-14(20)8-12/h5-8,11H,3-4H2,1-2H3,(H,17,20)(H,18,19,21). The van der Waals surface area contributed by atoms with E-state index >= 15 is 0 Å². The second kappa shape index (κ2) is 5.16. The van der Waals surface area contributed by atoms with Crippen molar-refractivity contribution in [1.29, 1.82) is 0 Å².